The van der Waals surface area contributed by atoms with Gasteiger partial charge in [-0.25, -0.2) is 13.1 Å². The maximum Gasteiger partial charge on any atom is 0.250 e. The Morgan fingerprint density at radius 1 is 1.41 bits per heavy atom. The molecule has 2 aromatic heterocycles. The van der Waals surface area contributed by atoms with E-state index >= 15 is 0 Å². The first-order chi connectivity index (χ1) is 7.99. The average molecular weight is 270 g/mol. The van der Waals surface area contributed by atoms with Crippen LogP contribution in [-0.4, -0.2) is 13.4 Å². The summed E-state index contributed by atoms with van der Waals surface area (Å²) in [7, 11) is -3.37. The third-order valence-electron chi connectivity index (χ3n) is 2.47. The molecule has 0 aromatic carbocycles. The van der Waals surface area contributed by atoms with Crippen molar-refractivity contribution in [2.45, 2.75) is 24.6 Å². The summed E-state index contributed by atoms with van der Waals surface area (Å²) >= 11 is 1.22. The number of aryl methyl sites for hydroxylation is 2. The van der Waals surface area contributed by atoms with E-state index in [1.807, 2.05) is 19.9 Å². The Bertz CT molecular complexity index is 597. The minimum absolute atomic E-state index is 0.316. The molecular formula is C11H14N2O2S2. The molecule has 92 valence electrons. The zero-order chi connectivity index (χ0) is 12.5. The van der Waals surface area contributed by atoms with Crippen LogP contribution in [0.25, 0.3) is 0 Å². The zero-order valence-electron chi connectivity index (χ0n) is 9.65. The monoisotopic (exact) mass is 270 g/mol. The second-order valence-electron chi connectivity index (χ2n) is 3.86. The number of nitrogens with one attached hydrogen (secondary N) is 2. The highest BCUT2D eigenvalue weighted by Gasteiger charge is 2.15. The summed E-state index contributed by atoms with van der Waals surface area (Å²) in [4.78, 5) is 3.15. The van der Waals surface area contributed by atoms with Gasteiger partial charge in [0.25, 0.3) is 0 Å². The van der Waals surface area contributed by atoms with E-state index < -0.39 is 10.0 Å². The smallest absolute Gasteiger partial charge is 0.250 e. The lowest BCUT2D eigenvalue weighted by Gasteiger charge is -2.03. The van der Waals surface area contributed by atoms with E-state index in [2.05, 4.69) is 9.71 Å². The molecule has 2 aromatic rings. The quantitative estimate of drug-likeness (QED) is 0.894. The summed E-state index contributed by atoms with van der Waals surface area (Å²) in [6, 6.07) is 5.28. The molecule has 0 saturated heterocycles. The lowest BCUT2D eigenvalue weighted by atomic mass is 10.2. The van der Waals surface area contributed by atoms with Crippen LogP contribution in [0.1, 0.15) is 17.0 Å². The van der Waals surface area contributed by atoms with Crippen LogP contribution in [0.2, 0.25) is 0 Å². The highest BCUT2D eigenvalue weighted by Crippen LogP contribution is 2.16. The van der Waals surface area contributed by atoms with Gasteiger partial charge in [0.15, 0.2) is 0 Å². The second-order valence-corrected chi connectivity index (χ2v) is 6.80. The third-order valence-corrected chi connectivity index (χ3v) is 5.27. The van der Waals surface area contributed by atoms with Crippen LogP contribution >= 0.6 is 11.3 Å². The normalized spacial score (nSPS) is 11.9. The van der Waals surface area contributed by atoms with Gasteiger partial charge in [-0.2, -0.15) is 0 Å². The summed E-state index contributed by atoms with van der Waals surface area (Å²) in [6.45, 7) is 4.20. The van der Waals surface area contributed by atoms with E-state index in [1.165, 1.54) is 11.3 Å². The number of rotatable bonds is 4. The molecule has 0 bridgehead atoms. The molecule has 2 N–H and O–H groups in total. The number of aromatic nitrogens is 1. The summed E-state index contributed by atoms with van der Waals surface area (Å²) in [5.41, 5.74) is 3.01. The highest BCUT2D eigenvalue weighted by atomic mass is 32.2. The first-order valence-corrected chi connectivity index (χ1v) is 7.53. The van der Waals surface area contributed by atoms with Crippen molar-refractivity contribution in [1.82, 2.24) is 9.71 Å². The Morgan fingerprint density at radius 2 is 2.18 bits per heavy atom. The average Bonchev–Trinajstić information content (AvgIpc) is 2.85. The van der Waals surface area contributed by atoms with Crippen LogP contribution in [0, 0.1) is 13.8 Å². The zero-order valence-corrected chi connectivity index (χ0v) is 11.3. The molecule has 17 heavy (non-hydrogen) atoms. The van der Waals surface area contributed by atoms with Crippen LogP contribution in [0.3, 0.4) is 0 Å². The van der Waals surface area contributed by atoms with Crippen molar-refractivity contribution < 1.29 is 8.42 Å². The van der Waals surface area contributed by atoms with Crippen molar-refractivity contribution in [2.24, 2.45) is 0 Å². The molecule has 0 aliphatic carbocycles. The molecule has 4 nitrogen and oxygen atoms in total. The van der Waals surface area contributed by atoms with Gasteiger partial charge in [0.2, 0.25) is 10.0 Å². The van der Waals surface area contributed by atoms with Gasteiger partial charge < -0.3 is 4.98 Å². The number of H-pyrrole nitrogens is 1. The van der Waals surface area contributed by atoms with Gasteiger partial charge in [0.1, 0.15) is 4.21 Å². The number of hydrogen-bond acceptors (Lipinski definition) is 3. The molecular weight excluding hydrogens is 256 g/mol. The van der Waals surface area contributed by atoms with Crippen molar-refractivity contribution in [2.75, 3.05) is 0 Å². The Morgan fingerprint density at radius 3 is 2.71 bits per heavy atom. The minimum Gasteiger partial charge on any atom is -0.362 e. The molecule has 0 saturated carbocycles. The van der Waals surface area contributed by atoms with Crippen LogP contribution in [0.5, 0.6) is 0 Å². The van der Waals surface area contributed by atoms with E-state index in [1.54, 1.807) is 17.5 Å². The van der Waals surface area contributed by atoms with Crippen LogP contribution in [0.15, 0.2) is 27.8 Å². The van der Waals surface area contributed by atoms with Crippen molar-refractivity contribution in [3.63, 3.8) is 0 Å². The van der Waals surface area contributed by atoms with Crippen molar-refractivity contribution in [1.29, 1.82) is 0 Å². The molecule has 0 unspecified atom stereocenters. The topological polar surface area (TPSA) is 62.0 Å². The molecule has 2 heterocycles. The van der Waals surface area contributed by atoms with Gasteiger partial charge in [-0.1, -0.05) is 6.07 Å². The van der Waals surface area contributed by atoms with Gasteiger partial charge in [-0.05, 0) is 36.9 Å². The fourth-order valence-electron chi connectivity index (χ4n) is 1.63. The fourth-order valence-corrected chi connectivity index (χ4v) is 3.67. The predicted octanol–water partition coefficient (Wildman–Crippen LogP) is 2.17. The van der Waals surface area contributed by atoms with Crippen LogP contribution < -0.4 is 4.72 Å². The molecule has 0 fully saturated rings. The molecule has 2 rings (SSSR count). The first kappa shape index (κ1) is 12.3. The molecule has 0 spiro atoms. The Hall–Kier alpha value is -1.11. The maximum atomic E-state index is 11.9. The SMILES string of the molecule is Cc1cc(CNS(=O)(=O)c2cccs2)c(C)[nH]1. The third kappa shape index (κ3) is 2.77. The molecule has 0 aliphatic rings. The number of aromatic amines is 1. The lowest BCUT2D eigenvalue weighted by molar-refractivity contribution is 0.583. The molecule has 0 atom stereocenters. The van der Waals surface area contributed by atoms with E-state index in [0.717, 1.165) is 17.0 Å². The number of hydrogen-bond donors (Lipinski definition) is 2. The molecule has 6 heteroatoms. The molecule has 0 radical (unpaired) electrons. The summed E-state index contributed by atoms with van der Waals surface area (Å²) in [6.07, 6.45) is 0. The Kier molecular flexibility index (Phi) is 3.37. The second kappa shape index (κ2) is 4.64. The summed E-state index contributed by atoms with van der Waals surface area (Å²) < 4.78 is 26.7. The predicted molar refractivity (Wildman–Crippen MR) is 68.6 cm³/mol. The first-order valence-electron chi connectivity index (χ1n) is 5.17. The van der Waals surface area contributed by atoms with Crippen molar-refractivity contribution in [3.05, 3.63) is 40.5 Å². The van der Waals surface area contributed by atoms with Crippen molar-refractivity contribution in [3.8, 4) is 0 Å². The van der Waals surface area contributed by atoms with Gasteiger partial charge in [0, 0.05) is 17.9 Å². The van der Waals surface area contributed by atoms with Crippen LogP contribution in [0.4, 0.5) is 0 Å². The Labute approximate surface area is 105 Å². The van der Waals surface area contributed by atoms with E-state index in [9.17, 15) is 8.42 Å². The minimum atomic E-state index is -3.37. The maximum absolute atomic E-state index is 11.9. The van der Waals surface area contributed by atoms with Gasteiger partial charge in [0.05, 0.1) is 0 Å². The summed E-state index contributed by atoms with van der Waals surface area (Å²) in [5, 5.41) is 1.75. The summed E-state index contributed by atoms with van der Waals surface area (Å²) in [5.74, 6) is 0. The molecule has 0 aliphatic heterocycles. The Balaban J connectivity index is 2.11. The van der Waals surface area contributed by atoms with E-state index in [-0.39, 0.29) is 0 Å². The molecule has 0 amide bonds. The number of thiophene rings is 1. The standard InChI is InChI=1S/C11H14N2O2S2/c1-8-6-10(9(2)13-8)7-12-17(14,15)11-4-3-5-16-11/h3-6,12-13H,7H2,1-2H3. The van der Waals surface area contributed by atoms with Gasteiger partial charge in [-0.3, -0.25) is 0 Å². The van der Waals surface area contributed by atoms with E-state index in [4.69, 9.17) is 0 Å². The number of sulfonamides is 1. The largest absolute Gasteiger partial charge is 0.362 e. The highest BCUT2D eigenvalue weighted by molar-refractivity contribution is 7.91. The van der Waals surface area contributed by atoms with E-state index in [0.29, 0.717) is 10.8 Å². The lowest BCUT2D eigenvalue weighted by Crippen LogP contribution is -2.22. The van der Waals surface area contributed by atoms with Crippen LogP contribution in [-0.2, 0) is 16.6 Å². The van der Waals surface area contributed by atoms with Gasteiger partial charge >= 0.3 is 0 Å². The van der Waals surface area contributed by atoms with Gasteiger partial charge in [-0.15, -0.1) is 11.3 Å². The fraction of sp³-hybridized carbons (Fsp3) is 0.273. The van der Waals surface area contributed by atoms with Crippen molar-refractivity contribution >= 4 is 21.4 Å².